The molecule has 3 amide bonds. The van der Waals surface area contributed by atoms with Crippen molar-refractivity contribution in [1.29, 1.82) is 0 Å². The Hall–Kier alpha value is -9.66. The van der Waals surface area contributed by atoms with E-state index in [1.54, 1.807) is 57.6 Å². The molecule has 3 aliphatic heterocycles. The minimum atomic E-state index is -0.368. The van der Waals surface area contributed by atoms with Crippen LogP contribution in [0, 0.1) is 106 Å². The topological polar surface area (TPSA) is 233 Å². The molecule has 3 saturated heterocycles. The Balaban J connectivity index is 0.000000143. The van der Waals surface area contributed by atoms with Crippen molar-refractivity contribution in [1.82, 2.24) is 30.9 Å². The minimum Gasteiger partial charge on any atom is -0.462 e. The molecule has 6 aliphatic carbocycles. The van der Waals surface area contributed by atoms with Crippen LogP contribution in [0.1, 0.15) is 136 Å². The summed E-state index contributed by atoms with van der Waals surface area (Å²) in [6.07, 6.45) is 27.2. The van der Waals surface area contributed by atoms with Gasteiger partial charge in [0.15, 0.2) is 0 Å². The number of pyridine rings is 3. The fraction of sp³-hybridized carbons (Fsp3) is 0.483. The van der Waals surface area contributed by atoms with Crippen molar-refractivity contribution in [3.63, 3.8) is 0 Å². The number of nitrogens with zero attached hydrogens (tertiary/aromatic N) is 3. The molecule has 108 heavy (non-hydrogen) atoms. The Bertz CT molecular complexity index is 3830. The van der Waals surface area contributed by atoms with Gasteiger partial charge in [0.25, 0.3) is 0 Å². The standard InChI is InChI=1S/3C29H33FN2O4/c3*1-3-35-29(34)32-23-10-11-24-20(14-23)15-26-27(17(2)36-28(26)33)25(24)12-9-22-8-7-19(16-31-22)18-5-4-6-21(30)13-18/h3*4-9,12-13,16-17,20,23-27H,3,10-11,14-15H2,1-2H3,(H,32,34)/b3*12-9+/t17-,20+,23+,24-,25+,26+,27-;17-,20+,23+,24-,25-,26-,27-;17-,20+,23-,24-,25-,26-,27-/m110/s1. The second-order valence-corrected chi connectivity index (χ2v) is 30.8. The van der Waals surface area contributed by atoms with E-state index in [0.717, 1.165) is 128 Å². The number of allylic oxidation sites excluding steroid dienone is 3. The number of aromatic nitrogens is 3. The van der Waals surface area contributed by atoms with Crippen molar-refractivity contribution < 1.29 is 70.4 Å². The van der Waals surface area contributed by atoms with Crippen molar-refractivity contribution in [3.8, 4) is 33.4 Å². The molecule has 570 valence electrons. The smallest absolute Gasteiger partial charge is 0.407 e. The molecule has 0 spiro atoms. The number of benzene rings is 3. The third-order valence-corrected chi connectivity index (χ3v) is 24.5. The third-order valence-electron chi connectivity index (χ3n) is 24.5. The second-order valence-electron chi connectivity index (χ2n) is 30.8. The van der Waals surface area contributed by atoms with Crippen LogP contribution in [0.25, 0.3) is 51.6 Å². The summed E-state index contributed by atoms with van der Waals surface area (Å²) in [5.74, 6) is 1.89. The molecule has 21 heteroatoms. The number of carbonyl (C=O) groups excluding carboxylic acids is 6. The average Bonchev–Trinajstić information content (AvgIpc) is 1.54. The quantitative estimate of drug-likeness (QED) is 0.0641. The van der Waals surface area contributed by atoms with Crippen LogP contribution in [-0.4, -0.2) is 107 Å². The van der Waals surface area contributed by atoms with Crippen molar-refractivity contribution in [2.75, 3.05) is 19.8 Å². The number of hydrogen-bond acceptors (Lipinski definition) is 15. The Kier molecular flexibility index (Phi) is 24.6. The third kappa shape index (κ3) is 17.9. The number of carbonyl (C=O) groups is 6. The molecule has 6 saturated carbocycles. The van der Waals surface area contributed by atoms with Gasteiger partial charge in [-0.15, -0.1) is 0 Å². The lowest BCUT2D eigenvalue weighted by Gasteiger charge is -2.47. The van der Waals surface area contributed by atoms with Crippen molar-refractivity contribution in [2.45, 2.75) is 155 Å². The average molecular weight is 1480 g/mol. The number of hydrogen-bond donors (Lipinski definition) is 3. The van der Waals surface area contributed by atoms with Gasteiger partial charge in [-0.1, -0.05) is 72.8 Å². The number of amides is 3. The first-order chi connectivity index (χ1) is 52.3. The van der Waals surface area contributed by atoms with E-state index in [9.17, 15) is 41.9 Å². The van der Waals surface area contributed by atoms with Gasteiger partial charge >= 0.3 is 36.2 Å². The fourth-order valence-corrected chi connectivity index (χ4v) is 19.9. The molecular weight excluding hydrogens is 1380 g/mol. The molecule has 6 heterocycles. The van der Waals surface area contributed by atoms with Gasteiger partial charge in [0.2, 0.25) is 0 Å². The highest BCUT2D eigenvalue weighted by Gasteiger charge is 2.58. The predicted molar refractivity (Wildman–Crippen MR) is 402 cm³/mol. The summed E-state index contributed by atoms with van der Waals surface area (Å²) in [6.45, 7) is 12.5. The maximum absolute atomic E-state index is 13.6. The molecule has 9 fully saturated rings. The van der Waals surface area contributed by atoms with Gasteiger partial charge < -0.3 is 44.4 Å². The molecule has 0 radical (unpaired) electrons. The van der Waals surface area contributed by atoms with Crippen LogP contribution in [0.3, 0.4) is 0 Å². The van der Waals surface area contributed by atoms with Crippen LogP contribution in [0.5, 0.6) is 0 Å². The molecule has 15 rings (SSSR count). The zero-order chi connectivity index (χ0) is 75.7. The molecule has 6 aromatic rings. The molecule has 0 bridgehead atoms. The molecule has 3 aromatic heterocycles. The lowest BCUT2D eigenvalue weighted by Crippen LogP contribution is -2.48. The lowest BCUT2D eigenvalue weighted by atomic mass is 9.57. The number of rotatable bonds is 15. The molecular formula is C87H99F3N6O12. The monoisotopic (exact) mass is 1480 g/mol. The van der Waals surface area contributed by atoms with E-state index in [1.807, 2.05) is 93.6 Å². The number of nitrogens with one attached hydrogen (secondary N) is 3. The van der Waals surface area contributed by atoms with Crippen LogP contribution in [0.2, 0.25) is 0 Å². The Morgan fingerprint density at radius 2 is 0.694 bits per heavy atom. The minimum absolute atomic E-state index is 0.0679. The Morgan fingerprint density at radius 1 is 0.407 bits per heavy atom. The molecule has 18 nitrogen and oxygen atoms in total. The van der Waals surface area contributed by atoms with Gasteiger partial charge in [-0.25, -0.2) is 27.6 Å². The normalized spacial score (nSPS) is 31.4. The van der Waals surface area contributed by atoms with Gasteiger partial charge in [-0.2, -0.15) is 0 Å². The first-order valence-corrected chi connectivity index (χ1v) is 38.9. The van der Waals surface area contributed by atoms with Crippen molar-refractivity contribution in [2.24, 2.45) is 88.8 Å². The van der Waals surface area contributed by atoms with Gasteiger partial charge in [0, 0.05) is 71.2 Å². The number of esters is 3. The number of alkyl carbamates (subject to hydrolysis) is 3. The number of cyclic esters (lactones) is 3. The molecule has 0 unspecified atom stereocenters. The van der Waals surface area contributed by atoms with Crippen LogP contribution in [0.15, 0.2) is 146 Å². The zero-order valence-electron chi connectivity index (χ0n) is 62.2. The van der Waals surface area contributed by atoms with Gasteiger partial charge in [-0.05, 0) is 261 Å². The van der Waals surface area contributed by atoms with Crippen molar-refractivity contribution in [3.05, 3.63) is 181 Å². The Morgan fingerprint density at radius 3 is 0.944 bits per heavy atom. The van der Waals surface area contributed by atoms with Crippen LogP contribution < -0.4 is 16.0 Å². The summed E-state index contributed by atoms with van der Waals surface area (Å²) in [5.41, 5.74) is 7.43. The number of halogens is 3. The lowest BCUT2D eigenvalue weighted by molar-refractivity contribution is -0.145. The highest BCUT2D eigenvalue weighted by Crippen LogP contribution is 2.57. The van der Waals surface area contributed by atoms with Crippen LogP contribution in [0.4, 0.5) is 27.6 Å². The van der Waals surface area contributed by atoms with E-state index >= 15 is 0 Å². The first kappa shape index (κ1) is 76.5. The van der Waals surface area contributed by atoms with Crippen LogP contribution >= 0.6 is 0 Å². The molecule has 21 atom stereocenters. The van der Waals surface area contributed by atoms with Crippen molar-refractivity contribution >= 4 is 54.4 Å². The van der Waals surface area contributed by atoms with Gasteiger partial charge in [0.05, 0.1) is 54.7 Å². The first-order valence-electron chi connectivity index (χ1n) is 38.9. The maximum Gasteiger partial charge on any atom is 0.407 e. The molecule has 3 aromatic carbocycles. The van der Waals surface area contributed by atoms with E-state index in [0.29, 0.717) is 55.3 Å². The summed E-state index contributed by atoms with van der Waals surface area (Å²) < 4.78 is 73.0. The SMILES string of the molecule is CCOC(=O)N[C@H]1CC[C@@H]2[C@@H](C1)C[C@@H]1C(=O)O[C@H](C)[C@@H]1[C@H]2/C=C/c1ccc(-c2cccc(F)c2)cn1.CCOC(=O)N[C@H]1CC[C@@H]2[C@@H](C1)C[C@H]1C(=O)O[C@H](C)[C@@H]1[C@@H]2/C=C/c1ccc(-c2cccc(F)c2)cn1.CCOC(=O)N[C@H]1CC[C@H]2[C@H](C1)C[C@@H]1C(=O)O[C@@H](C)[C@H]1[C@H]2/C=C/c1ccc(-c2cccc(F)c2)cn1. The summed E-state index contributed by atoms with van der Waals surface area (Å²) in [6, 6.07) is 31.3. The van der Waals surface area contributed by atoms with E-state index in [2.05, 4.69) is 49.1 Å². The highest BCUT2D eigenvalue weighted by molar-refractivity contribution is 5.78. The summed E-state index contributed by atoms with van der Waals surface area (Å²) >= 11 is 0. The van der Waals surface area contributed by atoms with E-state index in [4.69, 9.17) is 28.4 Å². The fourth-order valence-electron chi connectivity index (χ4n) is 19.9. The summed E-state index contributed by atoms with van der Waals surface area (Å²) in [4.78, 5) is 87.7. The van der Waals surface area contributed by atoms with E-state index in [1.165, 1.54) is 36.4 Å². The van der Waals surface area contributed by atoms with Gasteiger partial charge in [0.1, 0.15) is 35.8 Å². The zero-order valence-corrected chi connectivity index (χ0v) is 62.2. The maximum atomic E-state index is 13.6. The second kappa shape index (κ2) is 34.7. The predicted octanol–water partition coefficient (Wildman–Crippen LogP) is 16.9. The van der Waals surface area contributed by atoms with E-state index in [-0.39, 0.29) is 143 Å². The number of fused-ring (bicyclic) bond motifs is 6. The highest BCUT2D eigenvalue weighted by atomic mass is 19.1. The number of ether oxygens (including phenoxy) is 6. The van der Waals surface area contributed by atoms with Crippen LogP contribution in [-0.2, 0) is 42.8 Å². The van der Waals surface area contributed by atoms with Gasteiger partial charge in [-0.3, -0.25) is 29.3 Å². The molecule has 3 N–H and O–H groups in total. The van der Waals surface area contributed by atoms with E-state index < -0.39 is 0 Å². The summed E-state index contributed by atoms with van der Waals surface area (Å²) in [5, 5.41) is 9.00. The Labute approximate surface area is 630 Å². The largest absolute Gasteiger partial charge is 0.462 e. The summed E-state index contributed by atoms with van der Waals surface area (Å²) in [7, 11) is 0. The molecule has 9 aliphatic rings.